The van der Waals surface area contributed by atoms with Gasteiger partial charge in [0.2, 0.25) is 0 Å². The average Bonchev–Trinajstić information content (AvgIpc) is 3.27. The number of fused-ring (bicyclic) bond motifs is 1. The number of ether oxygens (including phenoxy) is 3. The fourth-order valence-corrected chi connectivity index (χ4v) is 6.47. The van der Waals surface area contributed by atoms with Crippen LogP contribution in [0.4, 0.5) is 5.00 Å². The first-order chi connectivity index (χ1) is 17.2. The summed E-state index contributed by atoms with van der Waals surface area (Å²) in [7, 11) is 3.37. The highest BCUT2D eigenvalue weighted by Gasteiger charge is 2.34. The molecule has 1 unspecified atom stereocenters. The molecule has 3 aromatic rings. The molecule has 1 aliphatic carbocycles. The van der Waals surface area contributed by atoms with Crippen molar-refractivity contribution in [2.45, 2.75) is 31.7 Å². The van der Waals surface area contributed by atoms with Crippen LogP contribution < -0.4 is 14.8 Å². The van der Waals surface area contributed by atoms with Gasteiger partial charge in [-0.1, -0.05) is 18.2 Å². The quantitative estimate of drug-likeness (QED) is 0.484. The largest absolute Gasteiger partial charge is 0.497 e. The summed E-state index contributed by atoms with van der Waals surface area (Å²) in [4.78, 5) is 17.1. The zero-order valence-electron chi connectivity index (χ0n) is 20.3. The Hall–Kier alpha value is -2.87. The van der Waals surface area contributed by atoms with Gasteiger partial charge in [0.05, 0.1) is 33.5 Å². The lowest BCUT2D eigenvalue weighted by atomic mass is 9.88. The highest BCUT2D eigenvalue weighted by atomic mass is 32.1. The van der Waals surface area contributed by atoms with Crippen LogP contribution in [0.5, 0.6) is 11.5 Å². The molecule has 1 atom stereocenters. The van der Waals surface area contributed by atoms with Crippen molar-refractivity contribution >= 4 is 22.2 Å². The van der Waals surface area contributed by atoms with Crippen LogP contribution in [0.2, 0.25) is 0 Å². The summed E-state index contributed by atoms with van der Waals surface area (Å²) in [6.07, 6.45) is 4.44. The van der Waals surface area contributed by atoms with Gasteiger partial charge in [-0.05, 0) is 55.5 Å². The van der Waals surface area contributed by atoms with E-state index >= 15 is 0 Å². The Labute approximate surface area is 210 Å². The van der Waals surface area contributed by atoms with E-state index in [1.807, 2.05) is 42.5 Å². The number of hydrogen-bond acceptors (Lipinski definition) is 6. The van der Waals surface area contributed by atoms with Crippen LogP contribution in [0.3, 0.4) is 0 Å². The molecule has 1 aliphatic heterocycles. The van der Waals surface area contributed by atoms with Gasteiger partial charge in [-0.2, -0.15) is 0 Å². The van der Waals surface area contributed by atoms with E-state index in [0.29, 0.717) is 18.8 Å². The smallest absolute Gasteiger partial charge is 0.256 e. The number of hydrogen-bond donors (Lipinski definition) is 1. The van der Waals surface area contributed by atoms with E-state index in [9.17, 15) is 4.79 Å². The van der Waals surface area contributed by atoms with Crippen molar-refractivity contribution in [3.05, 3.63) is 75.7 Å². The van der Waals surface area contributed by atoms with Crippen LogP contribution in [0.15, 0.2) is 48.5 Å². The number of nitrogens with one attached hydrogen (secondary N) is 1. The van der Waals surface area contributed by atoms with E-state index in [4.69, 9.17) is 14.2 Å². The monoisotopic (exact) mass is 492 g/mol. The molecule has 1 saturated heterocycles. The molecule has 1 aromatic heterocycles. The highest BCUT2D eigenvalue weighted by molar-refractivity contribution is 7.16. The zero-order chi connectivity index (χ0) is 24.2. The Morgan fingerprint density at radius 2 is 1.80 bits per heavy atom. The Balaban J connectivity index is 1.64. The van der Waals surface area contributed by atoms with Crippen molar-refractivity contribution in [3.63, 3.8) is 0 Å². The lowest BCUT2D eigenvalue weighted by Crippen LogP contribution is -2.40. The summed E-state index contributed by atoms with van der Waals surface area (Å²) in [6, 6.07) is 15.4. The van der Waals surface area contributed by atoms with Gasteiger partial charge in [0.1, 0.15) is 16.5 Å². The molecule has 1 amide bonds. The molecule has 0 radical (unpaired) electrons. The summed E-state index contributed by atoms with van der Waals surface area (Å²) in [5.74, 6) is 1.47. The molecule has 1 fully saturated rings. The number of carbonyl (C=O) groups excluding carboxylic acids is 1. The second-order valence-electron chi connectivity index (χ2n) is 8.93. The number of morpholine rings is 1. The number of carbonyl (C=O) groups is 1. The Morgan fingerprint density at radius 3 is 2.54 bits per heavy atom. The lowest BCUT2D eigenvalue weighted by Gasteiger charge is -2.36. The van der Waals surface area contributed by atoms with Crippen molar-refractivity contribution in [1.29, 1.82) is 0 Å². The molecule has 2 heterocycles. The van der Waals surface area contributed by atoms with Gasteiger partial charge in [-0.3, -0.25) is 9.69 Å². The van der Waals surface area contributed by atoms with Gasteiger partial charge >= 0.3 is 0 Å². The molecule has 2 aromatic carbocycles. The standard InChI is InChI=1S/C28H32N2O4S/c1-32-20-12-13-21(23(18-20)33-2)26(30-14-16-34-17-15-30)25-22-10-6-7-11-24(22)35-28(25)29-27(31)19-8-4-3-5-9-19/h3-5,8-9,12-13,18,26H,6-7,10-11,14-17H2,1-2H3,(H,29,31). The van der Waals surface area contributed by atoms with Gasteiger partial charge in [-0.25, -0.2) is 0 Å². The van der Waals surface area contributed by atoms with Crippen molar-refractivity contribution in [1.82, 2.24) is 4.90 Å². The van der Waals surface area contributed by atoms with Gasteiger partial charge in [0.25, 0.3) is 5.91 Å². The first-order valence-electron chi connectivity index (χ1n) is 12.2. The molecular formula is C28H32N2O4S. The normalized spacial score (nSPS) is 16.9. The number of aryl methyl sites for hydroxylation is 1. The molecule has 184 valence electrons. The molecule has 2 aliphatic rings. The molecule has 35 heavy (non-hydrogen) atoms. The molecule has 6 nitrogen and oxygen atoms in total. The van der Waals surface area contributed by atoms with Crippen LogP contribution in [0.25, 0.3) is 0 Å². The number of rotatable bonds is 7. The number of benzene rings is 2. The topological polar surface area (TPSA) is 60.0 Å². The van der Waals surface area contributed by atoms with Crippen LogP contribution in [0.1, 0.15) is 50.8 Å². The van der Waals surface area contributed by atoms with E-state index < -0.39 is 0 Å². The van der Waals surface area contributed by atoms with E-state index in [-0.39, 0.29) is 11.9 Å². The first kappa shape index (κ1) is 23.9. The Kier molecular flexibility index (Phi) is 7.37. The van der Waals surface area contributed by atoms with Crippen molar-refractivity contribution in [2.75, 3.05) is 45.8 Å². The highest BCUT2D eigenvalue weighted by Crippen LogP contribution is 2.47. The maximum atomic E-state index is 13.2. The number of methoxy groups -OCH3 is 2. The SMILES string of the molecule is COc1ccc(C(c2c(NC(=O)c3ccccc3)sc3c2CCCC3)N2CCOCC2)c(OC)c1. The van der Waals surface area contributed by atoms with Crippen LogP contribution in [0, 0.1) is 0 Å². The predicted octanol–water partition coefficient (Wildman–Crippen LogP) is 5.32. The molecular weight excluding hydrogens is 460 g/mol. The van der Waals surface area contributed by atoms with E-state index in [1.54, 1.807) is 25.6 Å². The average molecular weight is 493 g/mol. The number of amides is 1. The van der Waals surface area contributed by atoms with Crippen LogP contribution >= 0.6 is 11.3 Å². The van der Waals surface area contributed by atoms with Crippen molar-refractivity contribution in [3.8, 4) is 11.5 Å². The molecule has 0 spiro atoms. The maximum absolute atomic E-state index is 13.2. The summed E-state index contributed by atoms with van der Waals surface area (Å²) in [5.41, 5.74) is 4.34. The third-order valence-electron chi connectivity index (χ3n) is 6.89. The first-order valence-corrected chi connectivity index (χ1v) is 13.1. The third kappa shape index (κ3) is 4.94. The summed E-state index contributed by atoms with van der Waals surface area (Å²) in [5, 5.41) is 4.23. The summed E-state index contributed by atoms with van der Waals surface area (Å²) in [6.45, 7) is 3.01. The van der Waals surface area contributed by atoms with E-state index in [1.165, 1.54) is 28.8 Å². The van der Waals surface area contributed by atoms with E-state index in [0.717, 1.165) is 48.0 Å². The molecule has 5 rings (SSSR count). The molecule has 0 bridgehead atoms. The second-order valence-corrected chi connectivity index (χ2v) is 10.0. The molecule has 1 N–H and O–H groups in total. The lowest BCUT2D eigenvalue weighted by molar-refractivity contribution is 0.0235. The second kappa shape index (κ2) is 10.8. The minimum Gasteiger partial charge on any atom is -0.497 e. The summed E-state index contributed by atoms with van der Waals surface area (Å²) >= 11 is 1.74. The molecule has 0 saturated carbocycles. The Bertz CT molecular complexity index is 1170. The van der Waals surface area contributed by atoms with Crippen molar-refractivity contribution < 1.29 is 19.0 Å². The number of anilines is 1. The van der Waals surface area contributed by atoms with E-state index in [2.05, 4.69) is 16.3 Å². The number of nitrogens with zero attached hydrogens (tertiary/aromatic N) is 1. The van der Waals surface area contributed by atoms with Gasteiger partial charge in [0, 0.05) is 40.7 Å². The fourth-order valence-electron chi connectivity index (χ4n) is 5.15. The fraction of sp³-hybridized carbons (Fsp3) is 0.393. The zero-order valence-corrected chi connectivity index (χ0v) is 21.2. The van der Waals surface area contributed by atoms with Gasteiger partial charge in [-0.15, -0.1) is 11.3 Å². The maximum Gasteiger partial charge on any atom is 0.256 e. The van der Waals surface area contributed by atoms with Crippen LogP contribution in [-0.2, 0) is 17.6 Å². The summed E-state index contributed by atoms with van der Waals surface area (Å²) < 4.78 is 17.0. The predicted molar refractivity (Wildman–Crippen MR) is 139 cm³/mol. The van der Waals surface area contributed by atoms with Gasteiger partial charge < -0.3 is 19.5 Å². The molecule has 7 heteroatoms. The van der Waals surface area contributed by atoms with Crippen molar-refractivity contribution in [2.24, 2.45) is 0 Å². The van der Waals surface area contributed by atoms with Crippen LogP contribution in [-0.4, -0.2) is 51.3 Å². The number of thiophene rings is 1. The minimum absolute atomic E-state index is 0.0519. The minimum atomic E-state index is -0.0760. The Morgan fingerprint density at radius 1 is 1.03 bits per heavy atom. The third-order valence-corrected chi connectivity index (χ3v) is 8.12. The van der Waals surface area contributed by atoms with Gasteiger partial charge in [0.15, 0.2) is 0 Å².